The van der Waals surface area contributed by atoms with Crippen LogP contribution in [0.1, 0.15) is 5.82 Å². The molecule has 2 aromatic heterocycles. The number of fused-ring (bicyclic) bond motifs is 1. The van der Waals surface area contributed by atoms with Crippen LogP contribution in [0, 0.1) is 0 Å². The zero-order valence-electron chi connectivity index (χ0n) is 11.5. The minimum Gasteiger partial charge on any atom is -0.468 e. The second-order valence-electron chi connectivity index (χ2n) is 4.91. The first-order chi connectivity index (χ1) is 10.2. The first kappa shape index (κ1) is 14.6. The van der Waals surface area contributed by atoms with E-state index < -0.39 is 0 Å². The molecule has 1 aliphatic rings. The molecule has 21 heavy (non-hydrogen) atoms. The van der Waals surface area contributed by atoms with E-state index in [4.69, 9.17) is 4.74 Å². The number of carbonyl (C=O) groups excluding carboxylic acids is 1. The van der Waals surface area contributed by atoms with E-state index in [1.54, 1.807) is 11.8 Å². The summed E-state index contributed by atoms with van der Waals surface area (Å²) in [7, 11) is 1.42. The topological polar surface area (TPSA) is 76.5 Å². The molecule has 3 heterocycles. The van der Waals surface area contributed by atoms with E-state index in [1.165, 1.54) is 23.3 Å². The summed E-state index contributed by atoms with van der Waals surface area (Å²) in [5.74, 6) is 1.41. The van der Waals surface area contributed by atoms with Crippen molar-refractivity contribution < 1.29 is 14.4 Å². The van der Waals surface area contributed by atoms with Crippen LogP contribution in [0.3, 0.4) is 0 Å². The third-order valence-corrected chi connectivity index (χ3v) is 5.60. The zero-order chi connectivity index (χ0) is 14.8. The minimum absolute atomic E-state index is 0.0831. The Kier molecular flexibility index (Phi) is 4.27. The van der Waals surface area contributed by atoms with E-state index in [1.807, 2.05) is 11.4 Å². The molecule has 0 bridgehead atoms. The van der Waals surface area contributed by atoms with Crippen LogP contribution in [0.25, 0.3) is 10.2 Å². The van der Waals surface area contributed by atoms with Crippen LogP contribution in [-0.4, -0.2) is 47.1 Å². The molecular formula is C13H16N3O3S2+. The van der Waals surface area contributed by atoms with Gasteiger partial charge in [0.05, 0.1) is 19.2 Å². The van der Waals surface area contributed by atoms with Crippen molar-refractivity contribution in [1.29, 1.82) is 0 Å². The summed E-state index contributed by atoms with van der Waals surface area (Å²) in [4.78, 5) is 32.1. The van der Waals surface area contributed by atoms with Gasteiger partial charge in [0.15, 0.2) is 11.1 Å². The number of quaternary nitrogens is 1. The van der Waals surface area contributed by atoms with Gasteiger partial charge in [-0.2, -0.15) is 0 Å². The number of esters is 1. The second kappa shape index (κ2) is 6.17. The number of thioether (sulfide) groups is 1. The van der Waals surface area contributed by atoms with E-state index in [-0.39, 0.29) is 16.8 Å². The van der Waals surface area contributed by atoms with Crippen LogP contribution in [-0.2, 0) is 16.1 Å². The molecule has 0 aromatic carbocycles. The number of nitrogens with zero attached hydrogens (tertiary/aromatic N) is 1. The third kappa shape index (κ3) is 3.12. The van der Waals surface area contributed by atoms with Gasteiger partial charge in [-0.3, -0.25) is 9.59 Å². The SMILES string of the molecule is COC(=O)[C@@H]1C[NH+](Cc2nc3ccsc3c(=O)[nH]2)CCS1. The van der Waals surface area contributed by atoms with Crippen LogP contribution >= 0.6 is 23.1 Å². The van der Waals surface area contributed by atoms with Gasteiger partial charge in [0.2, 0.25) is 0 Å². The number of carbonyl (C=O) groups is 1. The molecule has 8 heteroatoms. The second-order valence-corrected chi connectivity index (χ2v) is 7.14. The summed E-state index contributed by atoms with van der Waals surface area (Å²) >= 11 is 3.03. The smallest absolute Gasteiger partial charge is 0.324 e. The highest BCUT2D eigenvalue weighted by molar-refractivity contribution is 8.00. The van der Waals surface area contributed by atoms with Gasteiger partial charge in [0.25, 0.3) is 5.56 Å². The Morgan fingerprint density at radius 1 is 1.62 bits per heavy atom. The predicted molar refractivity (Wildman–Crippen MR) is 82.9 cm³/mol. The molecule has 0 saturated carbocycles. The van der Waals surface area contributed by atoms with Crippen LogP contribution < -0.4 is 10.5 Å². The molecule has 0 spiro atoms. The highest BCUT2D eigenvalue weighted by Gasteiger charge is 2.30. The van der Waals surface area contributed by atoms with E-state index in [9.17, 15) is 9.59 Å². The number of hydrogen-bond acceptors (Lipinski definition) is 6. The first-order valence-corrected chi connectivity index (χ1v) is 8.59. The van der Waals surface area contributed by atoms with Crippen molar-refractivity contribution in [2.75, 3.05) is 26.0 Å². The fraction of sp³-hybridized carbons (Fsp3) is 0.462. The minimum atomic E-state index is -0.174. The number of thiophene rings is 1. The maximum absolute atomic E-state index is 11.9. The Morgan fingerprint density at radius 2 is 2.48 bits per heavy atom. The summed E-state index contributed by atoms with van der Waals surface area (Å²) in [5.41, 5.74) is 0.661. The van der Waals surface area contributed by atoms with Crippen LogP contribution in [0.5, 0.6) is 0 Å². The average Bonchev–Trinajstić information content (AvgIpc) is 2.95. The zero-order valence-corrected chi connectivity index (χ0v) is 13.2. The van der Waals surface area contributed by atoms with Crippen molar-refractivity contribution in [2.45, 2.75) is 11.8 Å². The van der Waals surface area contributed by atoms with Crippen molar-refractivity contribution >= 4 is 39.3 Å². The molecular weight excluding hydrogens is 310 g/mol. The lowest BCUT2D eigenvalue weighted by Crippen LogP contribution is -3.13. The van der Waals surface area contributed by atoms with Crippen molar-refractivity contribution in [3.63, 3.8) is 0 Å². The molecule has 0 amide bonds. The number of nitrogens with one attached hydrogen (secondary N) is 2. The monoisotopic (exact) mass is 326 g/mol. The van der Waals surface area contributed by atoms with E-state index in [0.29, 0.717) is 23.6 Å². The maximum Gasteiger partial charge on any atom is 0.324 e. The Hall–Kier alpha value is -1.38. The van der Waals surface area contributed by atoms with Gasteiger partial charge in [0.1, 0.15) is 17.8 Å². The highest BCUT2D eigenvalue weighted by Crippen LogP contribution is 2.14. The van der Waals surface area contributed by atoms with E-state index in [0.717, 1.165) is 17.8 Å². The fourth-order valence-corrected chi connectivity index (χ4v) is 4.46. The molecule has 112 valence electrons. The van der Waals surface area contributed by atoms with Crippen LogP contribution in [0.4, 0.5) is 0 Å². The molecule has 3 rings (SSSR count). The lowest BCUT2D eigenvalue weighted by atomic mass is 10.3. The largest absolute Gasteiger partial charge is 0.468 e. The molecule has 1 fully saturated rings. The molecule has 2 atom stereocenters. The van der Waals surface area contributed by atoms with Gasteiger partial charge >= 0.3 is 5.97 Å². The number of aromatic nitrogens is 2. The number of rotatable bonds is 3. The maximum atomic E-state index is 11.9. The molecule has 2 N–H and O–H groups in total. The number of aromatic amines is 1. The lowest BCUT2D eigenvalue weighted by Gasteiger charge is -2.27. The first-order valence-electron chi connectivity index (χ1n) is 6.67. The molecule has 0 radical (unpaired) electrons. The Bertz CT molecular complexity index is 712. The third-order valence-electron chi connectivity index (χ3n) is 3.49. The summed E-state index contributed by atoms with van der Waals surface area (Å²) < 4.78 is 5.47. The summed E-state index contributed by atoms with van der Waals surface area (Å²) in [6.07, 6.45) is 0. The van der Waals surface area contributed by atoms with Crippen LogP contribution in [0.2, 0.25) is 0 Å². The van der Waals surface area contributed by atoms with Gasteiger partial charge in [-0.05, 0) is 11.4 Å². The summed E-state index contributed by atoms with van der Waals surface area (Å²) in [6, 6.07) is 1.86. The van der Waals surface area contributed by atoms with Crippen molar-refractivity contribution in [3.8, 4) is 0 Å². The lowest BCUT2D eigenvalue weighted by molar-refractivity contribution is -0.912. The Balaban J connectivity index is 1.75. The number of hydrogen-bond donors (Lipinski definition) is 2. The summed E-state index contributed by atoms with van der Waals surface area (Å²) in [6.45, 7) is 2.27. The number of methoxy groups -OCH3 is 1. The van der Waals surface area contributed by atoms with Gasteiger partial charge < -0.3 is 14.6 Å². The summed E-state index contributed by atoms with van der Waals surface area (Å²) in [5, 5.41) is 1.74. The highest BCUT2D eigenvalue weighted by atomic mass is 32.2. The molecule has 1 saturated heterocycles. The van der Waals surface area contributed by atoms with Crippen molar-refractivity contribution in [3.05, 3.63) is 27.6 Å². The van der Waals surface area contributed by atoms with E-state index in [2.05, 4.69) is 9.97 Å². The molecule has 2 aromatic rings. The van der Waals surface area contributed by atoms with Gasteiger partial charge in [0, 0.05) is 5.75 Å². The quantitative estimate of drug-likeness (QED) is 0.755. The molecule has 6 nitrogen and oxygen atoms in total. The molecule has 1 unspecified atom stereocenters. The van der Waals surface area contributed by atoms with Crippen molar-refractivity contribution in [2.24, 2.45) is 0 Å². The fourth-order valence-electron chi connectivity index (χ4n) is 2.45. The van der Waals surface area contributed by atoms with Gasteiger partial charge in [-0.25, -0.2) is 4.98 Å². The number of ether oxygens (including phenoxy) is 1. The van der Waals surface area contributed by atoms with Gasteiger partial charge in [-0.15, -0.1) is 23.1 Å². The normalized spacial score (nSPS) is 22.3. The molecule has 1 aliphatic heterocycles. The van der Waals surface area contributed by atoms with Crippen molar-refractivity contribution in [1.82, 2.24) is 9.97 Å². The Labute approximate surface area is 129 Å². The standard InChI is InChI=1S/C13H15N3O3S2/c1-19-13(18)9-6-16(3-5-20-9)7-10-14-8-2-4-21-11(8)12(17)15-10/h2,4,9H,3,5-7H2,1H3,(H,14,15,17)/p+1/t9-/m0/s1. The Morgan fingerprint density at radius 3 is 3.29 bits per heavy atom. The average molecular weight is 326 g/mol. The predicted octanol–water partition coefficient (Wildman–Crippen LogP) is -0.342. The number of H-pyrrole nitrogens is 1. The van der Waals surface area contributed by atoms with Crippen LogP contribution in [0.15, 0.2) is 16.2 Å². The molecule has 0 aliphatic carbocycles. The van der Waals surface area contributed by atoms with Gasteiger partial charge in [-0.1, -0.05) is 0 Å². The van der Waals surface area contributed by atoms with E-state index >= 15 is 0 Å².